The number of carbonyl (C=O) groups excluding carboxylic acids is 1. The maximum absolute atomic E-state index is 12.7. The molecule has 2 aliphatic rings. The van der Waals surface area contributed by atoms with Gasteiger partial charge in [-0.15, -0.1) is 0 Å². The molecule has 3 unspecified atom stereocenters. The van der Waals surface area contributed by atoms with E-state index in [4.69, 9.17) is 5.73 Å². The first-order chi connectivity index (χ1) is 10.4. The largest absolute Gasteiger partial charge is 0.342 e. The Morgan fingerprint density at radius 2 is 2.05 bits per heavy atom. The number of hydrogen-bond donors (Lipinski definition) is 1. The van der Waals surface area contributed by atoms with Gasteiger partial charge in [-0.3, -0.25) is 4.79 Å². The molecule has 2 N–H and O–H groups in total. The molecule has 3 atom stereocenters. The molecule has 3 rings (SSSR count). The molecular formula is C19H28N2O. The maximum atomic E-state index is 12.7. The predicted octanol–water partition coefficient (Wildman–Crippen LogP) is 3.11. The average Bonchev–Trinajstić information content (AvgIpc) is 3.22. The van der Waals surface area contributed by atoms with Crippen LogP contribution in [0, 0.1) is 11.3 Å². The Morgan fingerprint density at radius 1 is 1.36 bits per heavy atom. The third-order valence-electron chi connectivity index (χ3n) is 5.50. The van der Waals surface area contributed by atoms with Gasteiger partial charge in [0.05, 0.1) is 0 Å². The smallest absolute Gasteiger partial charge is 0.226 e. The molecule has 1 aromatic carbocycles. The summed E-state index contributed by atoms with van der Waals surface area (Å²) in [7, 11) is 0. The van der Waals surface area contributed by atoms with Gasteiger partial charge in [-0.2, -0.15) is 0 Å². The summed E-state index contributed by atoms with van der Waals surface area (Å²) in [6.45, 7) is 8.98. The topological polar surface area (TPSA) is 46.3 Å². The van der Waals surface area contributed by atoms with Crippen molar-refractivity contribution in [3.05, 3.63) is 35.4 Å². The second-order valence-electron chi connectivity index (χ2n) is 7.79. The monoisotopic (exact) mass is 300 g/mol. The van der Waals surface area contributed by atoms with Crippen molar-refractivity contribution in [1.82, 2.24) is 4.90 Å². The molecule has 3 nitrogen and oxygen atoms in total. The summed E-state index contributed by atoms with van der Waals surface area (Å²) in [5.41, 5.74) is 8.65. The van der Waals surface area contributed by atoms with E-state index in [1.807, 2.05) is 4.90 Å². The van der Waals surface area contributed by atoms with Crippen LogP contribution in [0.3, 0.4) is 0 Å². The summed E-state index contributed by atoms with van der Waals surface area (Å²) in [6, 6.07) is 8.84. The quantitative estimate of drug-likeness (QED) is 0.928. The number of benzene rings is 1. The third kappa shape index (κ3) is 2.91. The van der Waals surface area contributed by atoms with E-state index in [2.05, 4.69) is 45.0 Å². The van der Waals surface area contributed by atoms with Crippen molar-refractivity contribution in [2.75, 3.05) is 19.6 Å². The first-order valence-corrected chi connectivity index (χ1v) is 8.52. The van der Waals surface area contributed by atoms with Crippen molar-refractivity contribution < 1.29 is 4.79 Å². The van der Waals surface area contributed by atoms with Gasteiger partial charge < -0.3 is 10.6 Å². The number of nitrogens with two attached hydrogens (primary N) is 1. The van der Waals surface area contributed by atoms with Gasteiger partial charge in [-0.25, -0.2) is 0 Å². The van der Waals surface area contributed by atoms with Gasteiger partial charge in [0, 0.05) is 19.0 Å². The second kappa shape index (κ2) is 5.69. The first kappa shape index (κ1) is 15.5. The van der Waals surface area contributed by atoms with Gasteiger partial charge in [-0.1, -0.05) is 45.0 Å². The molecule has 1 aliphatic carbocycles. The van der Waals surface area contributed by atoms with Crippen molar-refractivity contribution in [2.24, 2.45) is 17.1 Å². The van der Waals surface area contributed by atoms with E-state index in [1.54, 1.807) is 0 Å². The SMILES string of the molecule is CC(C)c1ccc(C2CC2C(=O)N2CCC(C)(CN)C2)cc1. The molecule has 1 saturated heterocycles. The average molecular weight is 300 g/mol. The predicted molar refractivity (Wildman–Crippen MR) is 89.7 cm³/mol. The van der Waals surface area contributed by atoms with Crippen LogP contribution in [0.4, 0.5) is 0 Å². The minimum Gasteiger partial charge on any atom is -0.342 e. The van der Waals surface area contributed by atoms with Crippen LogP contribution in [-0.2, 0) is 4.79 Å². The number of carbonyl (C=O) groups is 1. The summed E-state index contributed by atoms with van der Waals surface area (Å²) < 4.78 is 0. The van der Waals surface area contributed by atoms with Crippen LogP contribution in [0.1, 0.15) is 56.6 Å². The second-order valence-corrected chi connectivity index (χ2v) is 7.79. The number of likely N-dealkylation sites (tertiary alicyclic amines) is 1. The molecule has 0 aromatic heterocycles. The summed E-state index contributed by atoms with van der Waals surface area (Å²) in [4.78, 5) is 14.7. The first-order valence-electron chi connectivity index (χ1n) is 8.52. The Labute approximate surface area is 133 Å². The molecule has 0 spiro atoms. The van der Waals surface area contributed by atoms with Gasteiger partial charge in [-0.05, 0) is 47.8 Å². The highest BCUT2D eigenvalue weighted by Crippen LogP contribution is 2.49. The van der Waals surface area contributed by atoms with Crippen molar-refractivity contribution in [1.29, 1.82) is 0 Å². The molecule has 0 radical (unpaired) electrons. The minimum atomic E-state index is 0.124. The zero-order valence-corrected chi connectivity index (χ0v) is 14.0. The Morgan fingerprint density at radius 3 is 2.59 bits per heavy atom. The molecule has 3 heteroatoms. The molecule has 120 valence electrons. The van der Waals surface area contributed by atoms with E-state index in [9.17, 15) is 4.79 Å². The third-order valence-corrected chi connectivity index (χ3v) is 5.50. The van der Waals surface area contributed by atoms with Crippen molar-refractivity contribution in [3.8, 4) is 0 Å². The highest BCUT2D eigenvalue weighted by molar-refractivity contribution is 5.83. The normalized spacial score (nSPS) is 30.9. The summed E-state index contributed by atoms with van der Waals surface area (Å²) >= 11 is 0. The van der Waals surface area contributed by atoms with E-state index in [-0.39, 0.29) is 11.3 Å². The zero-order chi connectivity index (χ0) is 15.9. The van der Waals surface area contributed by atoms with E-state index >= 15 is 0 Å². The number of hydrogen-bond acceptors (Lipinski definition) is 2. The fourth-order valence-corrected chi connectivity index (χ4v) is 3.58. The lowest BCUT2D eigenvalue weighted by Crippen LogP contribution is -2.35. The molecule has 1 aromatic rings. The molecule has 1 saturated carbocycles. The molecule has 2 fully saturated rings. The van der Waals surface area contributed by atoms with Crippen LogP contribution < -0.4 is 5.73 Å². The van der Waals surface area contributed by atoms with Crippen LogP contribution >= 0.6 is 0 Å². The summed E-state index contributed by atoms with van der Waals surface area (Å²) in [6.07, 6.45) is 2.05. The molecule has 0 bridgehead atoms. The van der Waals surface area contributed by atoms with Crippen LogP contribution in [-0.4, -0.2) is 30.4 Å². The van der Waals surface area contributed by atoms with Crippen LogP contribution in [0.2, 0.25) is 0 Å². The van der Waals surface area contributed by atoms with Gasteiger partial charge in [0.25, 0.3) is 0 Å². The van der Waals surface area contributed by atoms with Crippen molar-refractivity contribution >= 4 is 5.91 Å². The number of amides is 1. The lowest BCUT2D eigenvalue weighted by Gasteiger charge is -2.22. The standard InChI is InChI=1S/C19H28N2O/c1-13(2)14-4-6-15(7-5-14)16-10-17(16)18(22)21-9-8-19(3,11-20)12-21/h4-7,13,16-17H,8-12,20H2,1-3H3. The Bertz CT molecular complexity index is 551. The molecule has 1 amide bonds. The van der Waals surface area contributed by atoms with Crippen LogP contribution in [0.5, 0.6) is 0 Å². The highest BCUT2D eigenvalue weighted by Gasteiger charge is 2.48. The number of rotatable bonds is 4. The van der Waals surface area contributed by atoms with E-state index < -0.39 is 0 Å². The lowest BCUT2D eigenvalue weighted by molar-refractivity contribution is -0.132. The van der Waals surface area contributed by atoms with Gasteiger partial charge in [0.1, 0.15) is 0 Å². The summed E-state index contributed by atoms with van der Waals surface area (Å²) in [5, 5.41) is 0. The van der Waals surface area contributed by atoms with Gasteiger partial charge >= 0.3 is 0 Å². The Hall–Kier alpha value is -1.35. The van der Waals surface area contributed by atoms with Gasteiger partial charge in [0.15, 0.2) is 0 Å². The fraction of sp³-hybridized carbons (Fsp3) is 0.632. The molecule has 22 heavy (non-hydrogen) atoms. The zero-order valence-electron chi connectivity index (χ0n) is 14.0. The van der Waals surface area contributed by atoms with Gasteiger partial charge in [0.2, 0.25) is 5.91 Å². The van der Waals surface area contributed by atoms with E-state index in [0.29, 0.717) is 24.3 Å². The van der Waals surface area contributed by atoms with Crippen LogP contribution in [0.15, 0.2) is 24.3 Å². The van der Waals surface area contributed by atoms with E-state index in [1.165, 1.54) is 11.1 Å². The molecule has 1 aliphatic heterocycles. The van der Waals surface area contributed by atoms with E-state index in [0.717, 1.165) is 25.9 Å². The van der Waals surface area contributed by atoms with Crippen molar-refractivity contribution in [2.45, 2.75) is 45.4 Å². The number of nitrogens with zero attached hydrogens (tertiary/aromatic N) is 1. The minimum absolute atomic E-state index is 0.124. The fourth-order valence-electron chi connectivity index (χ4n) is 3.58. The Balaban J connectivity index is 1.61. The van der Waals surface area contributed by atoms with Crippen molar-refractivity contribution in [3.63, 3.8) is 0 Å². The molecular weight excluding hydrogens is 272 g/mol. The maximum Gasteiger partial charge on any atom is 0.226 e. The molecule has 1 heterocycles. The lowest BCUT2D eigenvalue weighted by atomic mass is 9.90. The summed E-state index contributed by atoms with van der Waals surface area (Å²) in [5.74, 6) is 1.53. The Kier molecular flexibility index (Phi) is 4.02. The highest BCUT2D eigenvalue weighted by atomic mass is 16.2. The van der Waals surface area contributed by atoms with Crippen LogP contribution in [0.25, 0.3) is 0 Å².